The number of hydrogen-bond donors (Lipinski definition) is 0. The lowest BCUT2D eigenvalue weighted by atomic mass is 9.93. The molecule has 0 N–H and O–H groups in total. The standard InChI is InChI=1S/C21H20ClFN2O/c1-24-18-8-3-2-5-15(18)13-19(24)14-9-11-25(12-10-14)21(26)20-16(22)6-4-7-17(20)23/h2-8,13-14H,9-12H2,1H3. The molecule has 0 spiro atoms. The van der Waals surface area contributed by atoms with Crippen LogP contribution >= 0.6 is 11.6 Å². The van der Waals surface area contributed by atoms with E-state index in [-0.39, 0.29) is 16.5 Å². The van der Waals surface area contributed by atoms with E-state index in [2.05, 4.69) is 29.8 Å². The second-order valence-electron chi connectivity index (χ2n) is 6.85. The van der Waals surface area contributed by atoms with Gasteiger partial charge in [0.15, 0.2) is 0 Å². The minimum absolute atomic E-state index is 0.0165. The Bertz CT molecular complexity index is 953. The fraction of sp³-hybridized carbons (Fsp3) is 0.286. The van der Waals surface area contributed by atoms with Gasteiger partial charge in [-0.2, -0.15) is 0 Å². The number of para-hydroxylation sites is 1. The zero-order valence-electron chi connectivity index (χ0n) is 14.6. The second kappa shape index (κ2) is 6.76. The molecule has 1 aliphatic heterocycles. The molecule has 0 aliphatic carbocycles. The zero-order chi connectivity index (χ0) is 18.3. The van der Waals surface area contributed by atoms with Gasteiger partial charge in [-0.25, -0.2) is 4.39 Å². The van der Waals surface area contributed by atoms with Gasteiger partial charge < -0.3 is 9.47 Å². The number of hydrogen-bond acceptors (Lipinski definition) is 1. The highest BCUT2D eigenvalue weighted by Gasteiger charge is 2.28. The highest BCUT2D eigenvalue weighted by molar-refractivity contribution is 6.33. The van der Waals surface area contributed by atoms with Crippen molar-refractivity contribution in [3.8, 4) is 0 Å². The van der Waals surface area contributed by atoms with Crippen molar-refractivity contribution in [1.29, 1.82) is 0 Å². The molecule has 4 rings (SSSR count). The molecule has 134 valence electrons. The van der Waals surface area contributed by atoms with Gasteiger partial charge in [0, 0.05) is 37.3 Å². The van der Waals surface area contributed by atoms with Crippen LogP contribution in [0.15, 0.2) is 48.5 Å². The van der Waals surface area contributed by atoms with Gasteiger partial charge >= 0.3 is 0 Å². The number of likely N-dealkylation sites (tertiary alicyclic amines) is 1. The molecule has 1 amide bonds. The summed E-state index contributed by atoms with van der Waals surface area (Å²) in [5.74, 6) is -0.477. The van der Waals surface area contributed by atoms with E-state index in [0.29, 0.717) is 19.0 Å². The van der Waals surface area contributed by atoms with Gasteiger partial charge in [-0.05, 0) is 42.5 Å². The molecule has 1 fully saturated rings. The minimum atomic E-state index is -0.557. The van der Waals surface area contributed by atoms with Crippen LogP contribution in [0.3, 0.4) is 0 Å². The van der Waals surface area contributed by atoms with Gasteiger partial charge in [0.05, 0.1) is 10.6 Å². The normalized spacial score (nSPS) is 15.6. The summed E-state index contributed by atoms with van der Waals surface area (Å²) < 4.78 is 16.3. The topological polar surface area (TPSA) is 25.2 Å². The largest absolute Gasteiger partial charge is 0.347 e. The van der Waals surface area contributed by atoms with Crippen LogP contribution in [0.2, 0.25) is 5.02 Å². The lowest BCUT2D eigenvalue weighted by Crippen LogP contribution is -2.38. The minimum Gasteiger partial charge on any atom is -0.347 e. The van der Waals surface area contributed by atoms with Crippen LogP contribution in [0.5, 0.6) is 0 Å². The maximum absolute atomic E-state index is 14.0. The highest BCUT2D eigenvalue weighted by atomic mass is 35.5. The molecule has 3 aromatic rings. The first kappa shape index (κ1) is 17.1. The number of aromatic nitrogens is 1. The summed E-state index contributed by atoms with van der Waals surface area (Å²) in [5, 5.41) is 1.41. The Morgan fingerprint density at radius 2 is 1.85 bits per heavy atom. The Hall–Kier alpha value is -2.33. The number of rotatable bonds is 2. The van der Waals surface area contributed by atoms with Crippen molar-refractivity contribution in [2.24, 2.45) is 7.05 Å². The van der Waals surface area contributed by atoms with Gasteiger partial charge in [0.2, 0.25) is 0 Å². The van der Waals surface area contributed by atoms with Gasteiger partial charge in [-0.1, -0.05) is 35.9 Å². The Balaban J connectivity index is 1.52. The van der Waals surface area contributed by atoms with Crippen LogP contribution in [-0.2, 0) is 7.05 Å². The predicted molar refractivity (Wildman–Crippen MR) is 102 cm³/mol. The number of halogens is 2. The van der Waals surface area contributed by atoms with E-state index in [9.17, 15) is 9.18 Å². The lowest BCUT2D eigenvalue weighted by molar-refractivity contribution is 0.0707. The van der Waals surface area contributed by atoms with E-state index < -0.39 is 5.82 Å². The number of amides is 1. The molecular formula is C21H20ClFN2O. The average molecular weight is 371 g/mol. The van der Waals surface area contributed by atoms with E-state index in [4.69, 9.17) is 11.6 Å². The fourth-order valence-corrected chi connectivity index (χ4v) is 4.18. The zero-order valence-corrected chi connectivity index (χ0v) is 15.3. The number of aryl methyl sites for hydroxylation is 1. The third kappa shape index (κ3) is 2.88. The smallest absolute Gasteiger partial charge is 0.258 e. The van der Waals surface area contributed by atoms with Crippen molar-refractivity contribution >= 4 is 28.4 Å². The van der Waals surface area contributed by atoms with Gasteiger partial charge in [-0.3, -0.25) is 4.79 Å². The molecule has 0 radical (unpaired) electrons. The maximum Gasteiger partial charge on any atom is 0.258 e. The molecule has 5 heteroatoms. The average Bonchev–Trinajstić information content (AvgIpc) is 2.99. The van der Waals surface area contributed by atoms with Gasteiger partial charge in [-0.15, -0.1) is 0 Å². The molecule has 0 saturated carbocycles. The van der Waals surface area contributed by atoms with Crippen LogP contribution in [0, 0.1) is 5.82 Å². The third-order valence-electron chi connectivity index (χ3n) is 5.37. The van der Waals surface area contributed by atoms with Crippen molar-refractivity contribution in [3.63, 3.8) is 0 Å². The molecule has 3 nitrogen and oxygen atoms in total. The predicted octanol–water partition coefficient (Wildman–Crippen LogP) is 4.99. The first-order valence-corrected chi connectivity index (χ1v) is 9.21. The fourth-order valence-electron chi connectivity index (χ4n) is 3.94. The summed E-state index contributed by atoms with van der Waals surface area (Å²) in [6.45, 7) is 1.21. The monoisotopic (exact) mass is 370 g/mol. The third-order valence-corrected chi connectivity index (χ3v) is 5.68. The molecule has 0 atom stereocenters. The maximum atomic E-state index is 14.0. The first-order chi connectivity index (χ1) is 12.6. The number of benzene rings is 2. The van der Waals surface area contributed by atoms with Gasteiger partial charge in [0.1, 0.15) is 5.82 Å². The summed E-state index contributed by atoms with van der Waals surface area (Å²) in [6.07, 6.45) is 1.73. The second-order valence-corrected chi connectivity index (χ2v) is 7.26. The first-order valence-electron chi connectivity index (χ1n) is 8.84. The van der Waals surface area contributed by atoms with Crippen LogP contribution in [0.25, 0.3) is 10.9 Å². The van der Waals surface area contributed by atoms with Crippen molar-refractivity contribution in [2.75, 3.05) is 13.1 Å². The van der Waals surface area contributed by atoms with Crippen LogP contribution in [0.4, 0.5) is 4.39 Å². The van der Waals surface area contributed by atoms with Gasteiger partial charge in [0.25, 0.3) is 5.91 Å². The molecular weight excluding hydrogens is 351 g/mol. The number of carbonyl (C=O) groups is 1. The molecule has 26 heavy (non-hydrogen) atoms. The SMILES string of the molecule is Cn1c(C2CCN(C(=O)c3c(F)cccc3Cl)CC2)cc2ccccc21. The molecule has 1 saturated heterocycles. The summed E-state index contributed by atoms with van der Waals surface area (Å²) in [5.41, 5.74) is 2.50. The Morgan fingerprint density at radius 1 is 1.12 bits per heavy atom. The number of nitrogens with zero attached hydrogens (tertiary/aromatic N) is 2. The molecule has 2 heterocycles. The number of piperidine rings is 1. The Labute approximate surface area is 157 Å². The number of carbonyl (C=O) groups excluding carboxylic acids is 1. The van der Waals surface area contributed by atoms with Crippen LogP contribution < -0.4 is 0 Å². The van der Waals surface area contributed by atoms with E-state index in [0.717, 1.165) is 12.8 Å². The molecule has 0 bridgehead atoms. The highest BCUT2D eigenvalue weighted by Crippen LogP contribution is 2.33. The van der Waals surface area contributed by atoms with E-state index in [1.807, 2.05) is 12.1 Å². The molecule has 1 aliphatic rings. The molecule has 0 unspecified atom stereocenters. The Morgan fingerprint density at radius 3 is 2.54 bits per heavy atom. The van der Waals surface area contributed by atoms with Crippen molar-refractivity contribution in [1.82, 2.24) is 9.47 Å². The molecule has 2 aromatic carbocycles. The summed E-state index contributed by atoms with van der Waals surface area (Å²) in [4.78, 5) is 14.4. The van der Waals surface area contributed by atoms with Crippen molar-refractivity contribution < 1.29 is 9.18 Å². The van der Waals surface area contributed by atoms with Crippen LogP contribution in [0.1, 0.15) is 34.8 Å². The summed E-state index contributed by atoms with van der Waals surface area (Å²) >= 11 is 6.04. The lowest BCUT2D eigenvalue weighted by Gasteiger charge is -2.32. The summed E-state index contributed by atoms with van der Waals surface area (Å²) in [7, 11) is 2.09. The van der Waals surface area contributed by atoms with Crippen molar-refractivity contribution in [2.45, 2.75) is 18.8 Å². The van der Waals surface area contributed by atoms with Crippen LogP contribution in [-0.4, -0.2) is 28.5 Å². The van der Waals surface area contributed by atoms with Crippen molar-refractivity contribution in [3.05, 3.63) is 70.6 Å². The number of fused-ring (bicyclic) bond motifs is 1. The summed E-state index contributed by atoms with van der Waals surface area (Å²) in [6, 6.07) is 14.9. The Kier molecular flexibility index (Phi) is 4.45. The van der Waals surface area contributed by atoms with E-state index >= 15 is 0 Å². The quantitative estimate of drug-likeness (QED) is 0.623. The van der Waals surface area contributed by atoms with E-state index in [1.165, 1.54) is 28.7 Å². The molecule has 1 aromatic heterocycles. The van der Waals surface area contributed by atoms with E-state index in [1.54, 1.807) is 11.0 Å².